The molecule has 27 heavy (non-hydrogen) atoms. The first-order valence-corrected chi connectivity index (χ1v) is 9.20. The lowest BCUT2D eigenvalue weighted by Gasteiger charge is -2.33. The van der Waals surface area contributed by atoms with Gasteiger partial charge in [0, 0.05) is 37.9 Å². The van der Waals surface area contributed by atoms with Crippen LogP contribution in [0.1, 0.15) is 26.3 Å². The van der Waals surface area contributed by atoms with Gasteiger partial charge in [-0.25, -0.2) is 4.98 Å². The monoisotopic (exact) mass is 369 g/mol. The van der Waals surface area contributed by atoms with E-state index in [2.05, 4.69) is 47.9 Å². The van der Waals surface area contributed by atoms with Crippen molar-refractivity contribution in [2.75, 3.05) is 43.4 Å². The number of nitro groups is 1. The average Bonchev–Trinajstić information content (AvgIpc) is 2.62. The Morgan fingerprint density at radius 3 is 2.22 bits per heavy atom. The molecule has 0 radical (unpaired) electrons. The summed E-state index contributed by atoms with van der Waals surface area (Å²) in [6, 6.07) is 11.2. The van der Waals surface area contributed by atoms with E-state index in [0.29, 0.717) is 0 Å². The van der Waals surface area contributed by atoms with Gasteiger partial charge in [0.2, 0.25) is 5.82 Å². The van der Waals surface area contributed by atoms with Gasteiger partial charge >= 0.3 is 5.69 Å². The summed E-state index contributed by atoms with van der Waals surface area (Å²) in [4.78, 5) is 20.0. The molecule has 144 valence electrons. The maximum absolute atomic E-state index is 11.4. The maximum Gasteiger partial charge on any atom is 0.311 e. The molecule has 3 rings (SSSR count). The number of aromatic nitrogens is 1. The lowest BCUT2D eigenvalue weighted by atomic mass is 9.87. The van der Waals surface area contributed by atoms with Crippen LogP contribution >= 0.6 is 0 Å². The number of nitrogens with one attached hydrogen (secondary N) is 1. The van der Waals surface area contributed by atoms with E-state index in [4.69, 9.17) is 0 Å². The smallest absolute Gasteiger partial charge is 0.311 e. The average molecular weight is 369 g/mol. The molecule has 2 aromatic rings. The van der Waals surface area contributed by atoms with E-state index in [1.807, 2.05) is 24.3 Å². The molecule has 1 aromatic carbocycles. The molecule has 1 aliphatic heterocycles. The number of anilines is 3. The normalized spacial score (nSPS) is 15.6. The number of nitrogens with zero attached hydrogens (tertiary/aromatic N) is 4. The Hall–Kier alpha value is -2.67. The van der Waals surface area contributed by atoms with Crippen LogP contribution in [0.5, 0.6) is 0 Å². The lowest BCUT2D eigenvalue weighted by Crippen LogP contribution is -2.44. The van der Waals surface area contributed by atoms with Crippen molar-refractivity contribution >= 4 is 23.0 Å². The molecule has 0 aliphatic carbocycles. The number of pyridine rings is 1. The summed E-state index contributed by atoms with van der Waals surface area (Å²) in [6.45, 7) is 10.1. The van der Waals surface area contributed by atoms with Crippen LogP contribution in [-0.4, -0.2) is 48.0 Å². The van der Waals surface area contributed by atoms with E-state index in [1.54, 1.807) is 6.07 Å². The minimum Gasteiger partial charge on any atom is -0.354 e. The van der Waals surface area contributed by atoms with E-state index in [9.17, 15) is 10.1 Å². The summed E-state index contributed by atoms with van der Waals surface area (Å²) < 4.78 is 0. The van der Waals surface area contributed by atoms with Crippen LogP contribution in [0.25, 0.3) is 0 Å². The number of rotatable bonds is 4. The fourth-order valence-electron chi connectivity index (χ4n) is 3.08. The Morgan fingerprint density at radius 2 is 1.67 bits per heavy atom. The summed E-state index contributed by atoms with van der Waals surface area (Å²) in [5.74, 6) is 1.04. The van der Waals surface area contributed by atoms with Crippen LogP contribution in [-0.2, 0) is 5.41 Å². The predicted molar refractivity (Wildman–Crippen MR) is 109 cm³/mol. The zero-order valence-electron chi connectivity index (χ0n) is 16.4. The molecular weight excluding hydrogens is 342 g/mol. The summed E-state index contributed by atoms with van der Waals surface area (Å²) >= 11 is 0. The Bertz CT molecular complexity index is 806. The molecule has 1 aromatic heterocycles. The van der Waals surface area contributed by atoms with Crippen LogP contribution in [0.15, 0.2) is 36.4 Å². The molecule has 0 bridgehead atoms. The van der Waals surface area contributed by atoms with Gasteiger partial charge in [-0.1, -0.05) is 32.9 Å². The summed E-state index contributed by atoms with van der Waals surface area (Å²) in [6.07, 6.45) is 0. The molecule has 0 amide bonds. The van der Waals surface area contributed by atoms with E-state index in [1.165, 1.54) is 11.6 Å². The largest absolute Gasteiger partial charge is 0.354 e. The van der Waals surface area contributed by atoms with Crippen LogP contribution in [0.3, 0.4) is 0 Å². The van der Waals surface area contributed by atoms with Crippen molar-refractivity contribution in [2.45, 2.75) is 26.2 Å². The van der Waals surface area contributed by atoms with Gasteiger partial charge in [-0.05, 0) is 36.2 Å². The zero-order valence-corrected chi connectivity index (χ0v) is 16.4. The van der Waals surface area contributed by atoms with Crippen LogP contribution in [0.4, 0.5) is 23.0 Å². The minimum atomic E-state index is -0.396. The topological polar surface area (TPSA) is 74.5 Å². The number of likely N-dealkylation sites (N-methyl/N-ethyl adjacent to an activating group) is 1. The Kier molecular flexibility index (Phi) is 5.32. The van der Waals surface area contributed by atoms with Gasteiger partial charge < -0.3 is 15.1 Å². The Morgan fingerprint density at radius 1 is 1.04 bits per heavy atom. The number of hydrogen-bond acceptors (Lipinski definition) is 6. The fraction of sp³-hybridized carbons (Fsp3) is 0.450. The second-order valence-corrected chi connectivity index (χ2v) is 8.04. The summed E-state index contributed by atoms with van der Waals surface area (Å²) in [5.41, 5.74) is 2.04. The van der Waals surface area contributed by atoms with Gasteiger partial charge in [-0.2, -0.15) is 0 Å². The molecule has 0 spiro atoms. The van der Waals surface area contributed by atoms with Crippen molar-refractivity contribution in [2.24, 2.45) is 0 Å². The van der Waals surface area contributed by atoms with Crippen molar-refractivity contribution in [1.29, 1.82) is 0 Å². The van der Waals surface area contributed by atoms with E-state index in [0.717, 1.165) is 37.7 Å². The van der Waals surface area contributed by atoms with Gasteiger partial charge in [-0.3, -0.25) is 10.1 Å². The molecule has 7 nitrogen and oxygen atoms in total. The molecule has 0 atom stereocenters. The molecule has 0 unspecified atom stereocenters. The maximum atomic E-state index is 11.4. The Balaban J connectivity index is 1.86. The van der Waals surface area contributed by atoms with Gasteiger partial charge in [0.25, 0.3) is 0 Å². The van der Waals surface area contributed by atoms with Gasteiger partial charge in [0.15, 0.2) is 0 Å². The number of piperazine rings is 1. The highest BCUT2D eigenvalue weighted by Crippen LogP contribution is 2.30. The third-order valence-corrected chi connectivity index (χ3v) is 4.90. The van der Waals surface area contributed by atoms with Gasteiger partial charge in [0.05, 0.1) is 4.92 Å². The van der Waals surface area contributed by atoms with Gasteiger partial charge in [0.1, 0.15) is 5.82 Å². The van der Waals surface area contributed by atoms with E-state index >= 15 is 0 Å². The van der Waals surface area contributed by atoms with Crippen LogP contribution in [0, 0.1) is 10.1 Å². The highest BCUT2D eigenvalue weighted by atomic mass is 16.6. The standard InChI is InChI=1S/C20H27N5O2/c1-20(2,3)15-5-7-16(8-6-15)21-19-17(25(26)27)9-10-18(22-19)24-13-11-23(4)12-14-24/h5-10H,11-14H2,1-4H3,(H,21,22). The molecule has 1 saturated heterocycles. The highest BCUT2D eigenvalue weighted by molar-refractivity contribution is 5.68. The third kappa shape index (κ3) is 4.54. The van der Waals surface area contributed by atoms with E-state index in [-0.39, 0.29) is 16.9 Å². The minimum absolute atomic E-state index is 0.0206. The van der Waals surface area contributed by atoms with E-state index < -0.39 is 4.92 Å². The van der Waals surface area contributed by atoms with Crippen molar-refractivity contribution in [3.8, 4) is 0 Å². The first-order valence-electron chi connectivity index (χ1n) is 9.20. The second-order valence-electron chi connectivity index (χ2n) is 8.04. The van der Waals surface area contributed by atoms with Crippen LogP contribution in [0.2, 0.25) is 0 Å². The molecule has 1 fully saturated rings. The first kappa shape index (κ1) is 19.1. The zero-order chi connectivity index (χ0) is 19.6. The highest BCUT2D eigenvalue weighted by Gasteiger charge is 2.21. The van der Waals surface area contributed by atoms with Crippen molar-refractivity contribution in [3.05, 3.63) is 52.1 Å². The van der Waals surface area contributed by atoms with Crippen LogP contribution < -0.4 is 10.2 Å². The number of hydrogen-bond donors (Lipinski definition) is 1. The molecule has 2 heterocycles. The SMILES string of the molecule is CN1CCN(c2ccc([N+](=O)[O-])c(Nc3ccc(C(C)(C)C)cc3)n2)CC1. The second kappa shape index (κ2) is 7.52. The molecule has 1 N–H and O–H groups in total. The predicted octanol–water partition coefficient (Wildman–Crippen LogP) is 3.78. The first-order chi connectivity index (χ1) is 12.7. The lowest BCUT2D eigenvalue weighted by molar-refractivity contribution is -0.384. The quantitative estimate of drug-likeness (QED) is 0.653. The fourth-order valence-corrected chi connectivity index (χ4v) is 3.08. The number of benzene rings is 1. The Labute approximate surface area is 160 Å². The molecule has 7 heteroatoms. The van der Waals surface area contributed by atoms with Crippen molar-refractivity contribution in [3.63, 3.8) is 0 Å². The van der Waals surface area contributed by atoms with Crippen molar-refractivity contribution < 1.29 is 4.92 Å². The van der Waals surface area contributed by atoms with Gasteiger partial charge in [-0.15, -0.1) is 0 Å². The molecule has 1 aliphatic rings. The summed E-state index contributed by atoms with van der Waals surface area (Å²) in [5, 5.41) is 14.6. The molecule has 0 saturated carbocycles. The molecular formula is C20H27N5O2. The summed E-state index contributed by atoms with van der Waals surface area (Å²) in [7, 11) is 2.09. The third-order valence-electron chi connectivity index (χ3n) is 4.90. The van der Waals surface area contributed by atoms with Crippen molar-refractivity contribution in [1.82, 2.24) is 9.88 Å².